The number of aromatic nitrogens is 1. The number of aryl methyl sites for hydroxylation is 2. The third-order valence-electron chi connectivity index (χ3n) is 6.00. The molecule has 0 atom stereocenters. The summed E-state index contributed by atoms with van der Waals surface area (Å²) in [4.78, 5) is 9.99. The molecule has 0 spiro atoms. The molecule has 0 aliphatic carbocycles. The highest BCUT2D eigenvalue weighted by Crippen LogP contribution is 2.28. The standard InChI is InChI=1S/C25H27N3S/c1-19-7-4-11-22-25(19)29-24(26-22)13-6-14-27-15-17-28(18-16-27)23-12-5-9-20-8-2-3-10-21(20)23/h2-5,7-12H,6,13-18H2,1H3. The maximum Gasteiger partial charge on any atom is 0.0939 e. The minimum atomic E-state index is 1.09. The summed E-state index contributed by atoms with van der Waals surface area (Å²) < 4.78 is 1.35. The Morgan fingerprint density at radius 3 is 2.55 bits per heavy atom. The number of hydrogen-bond donors (Lipinski definition) is 0. The van der Waals surface area contributed by atoms with Crippen molar-refractivity contribution in [3.05, 3.63) is 71.2 Å². The first kappa shape index (κ1) is 18.6. The number of anilines is 1. The maximum atomic E-state index is 4.83. The van der Waals surface area contributed by atoms with Crippen molar-refractivity contribution in [2.45, 2.75) is 19.8 Å². The van der Waals surface area contributed by atoms with E-state index in [4.69, 9.17) is 4.98 Å². The number of fused-ring (bicyclic) bond motifs is 2. The molecule has 0 bridgehead atoms. The van der Waals surface area contributed by atoms with Crippen LogP contribution in [0.1, 0.15) is 17.0 Å². The second kappa shape index (κ2) is 8.13. The van der Waals surface area contributed by atoms with Gasteiger partial charge in [0.05, 0.1) is 15.2 Å². The topological polar surface area (TPSA) is 19.4 Å². The van der Waals surface area contributed by atoms with E-state index >= 15 is 0 Å². The quantitative estimate of drug-likeness (QED) is 0.439. The molecule has 0 N–H and O–H groups in total. The second-order valence-electron chi connectivity index (χ2n) is 7.96. The summed E-state index contributed by atoms with van der Waals surface area (Å²) in [5.41, 5.74) is 3.89. The average molecular weight is 402 g/mol. The van der Waals surface area contributed by atoms with Crippen LogP contribution in [0.5, 0.6) is 0 Å². The van der Waals surface area contributed by atoms with Crippen molar-refractivity contribution in [2.24, 2.45) is 0 Å². The van der Waals surface area contributed by atoms with Gasteiger partial charge in [-0.05, 0) is 43.0 Å². The third-order valence-corrected chi connectivity index (χ3v) is 7.27. The van der Waals surface area contributed by atoms with Crippen molar-refractivity contribution in [3.8, 4) is 0 Å². The van der Waals surface area contributed by atoms with E-state index in [1.54, 1.807) is 0 Å². The minimum absolute atomic E-state index is 1.09. The lowest BCUT2D eigenvalue weighted by molar-refractivity contribution is 0.255. The largest absolute Gasteiger partial charge is 0.368 e. The van der Waals surface area contributed by atoms with Crippen LogP contribution < -0.4 is 4.90 Å². The lowest BCUT2D eigenvalue weighted by Crippen LogP contribution is -2.46. The van der Waals surface area contributed by atoms with E-state index in [1.165, 1.54) is 38.2 Å². The molecule has 1 saturated heterocycles. The van der Waals surface area contributed by atoms with Gasteiger partial charge < -0.3 is 4.90 Å². The molecule has 1 aromatic heterocycles. The van der Waals surface area contributed by atoms with Crippen molar-refractivity contribution in [3.63, 3.8) is 0 Å². The van der Waals surface area contributed by atoms with E-state index in [2.05, 4.69) is 77.4 Å². The van der Waals surface area contributed by atoms with Crippen LogP contribution in [0.25, 0.3) is 21.0 Å². The Kier molecular flexibility index (Phi) is 5.21. The fourth-order valence-electron chi connectivity index (χ4n) is 4.39. The Hall–Kier alpha value is -2.43. The molecule has 4 aromatic rings. The van der Waals surface area contributed by atoms with Crippen molar-refractivity contribution in [1.29, 1.82) is 0 Å². The van der Waals surface area contributed by atoms with Crippen LogP contribution in [-0.2, 0) is 6.42 Å². The highest BCUT2D eigenvalue weighted by atomic mass is 32.1. The number of thiazole rings is 1. The molecule has 0 amide bonds. The summed E-state index contributed by atoms with van der Waals surface area (Å²) in [5.74, 6) is 0. The lowest BCUT2D eigenvalue weighted by atomic mass is 10.1. The van der Waals surface area contributed by atoms with E-state index in [1.807, 2.05) is 11.3 Å². The van der Waals surface area contributed by atoms with Gasteiger partial charge in [-0.1, -0.05) is 48.5 Å². The number of piperazine rings is 1. The van der Waals surface area contributed by atoms with Crippen LogP contribution in [0.4, 0.5) is 5.69 Å². The van der Waals surface area contributed by atoms with Crippen LogP contribution in [0.2, 0.25) is 0 Å². The number of benzene rings is 3. The molecule has 0 unspecified atom stereocenters. The van der Waals surface area contributed by atoms with Gasteiger partial charge in [-0.3, -0.25) is 4.90 Å². The molecule has 5 rings (SSSR count). The Balaban J connectivity index is 1.16. The van der Waals surface area contributed by atoms with Gasteiger partial charge in [0.1, 0.15) is 0 Å². The van der Waals surface area contributed by atoms with Crippen LogP contribution >= 0.6 is 11.3 Å². The minimum Gasteiger partial charge on any atom is -0.368 e. The molecular formula is C25H27N3S. The normalized spacial score (nSPS) is 15.4. The summed E-state index contributed by atoms with van der Waals surface area (Å²) in [6.07, 6.45) is 2.27. The molecule has 1 fully saturated rings. The second-order valence-corrected chi connectivity index (χ2v) is 9.04. The highest BCUT2D eigenvalue weighted by molar-refractivity contribution is 7.18. The summed E-state index contributed by atoms with van der Waals surface area (Å²) in [7, 11) is 0. The summed E-state index contributed by atoms with van der Waals surface area (Å²) in [6.45, 7) is 7.84. The number of rotatable bonds is 5. The summed E-state index contributed by atoms with van der Waals surface area (Å²) >= 11 is 1.87. The molecule has 4 heteroatoms. The average Bonchev–Trinajstić information content (AvgIpc) is 3.18. The van der Waals surface area contributed by atoms with Gasteiger partial charge >= 0.3 is 0 Å². The Bertz CT molecular complexity index is 1120. The molecule has 3 nitrogen and oxygen atoms in total. The van der Waals surface area contributed by atoms with Gasteiger partial charge in [-0.25, -0.2) is 4.98 Å². The van der Waals surface area contributed by atoms with Crippen LogP contribution in [-0.4, -0.2) is 42.6 Å². The predicted molar refractivity (Wildman–Crippen MR) is 125 cm³/mol. The first-order chi connectivity index (χ1) is 14.3. The molecule has 0 saturated carbocycles. The van der Waals surface area contributed by atoms with Gasteiger partial charge in [0.25, 0.3) is 0 Å². The van der Waals surface area contributed by atoms with Crippen molar-refractivity contribution in [1.82, 2.24) is 9.88 Å². The number of hydrogen-bond acceptors (Lipinski definition) is 4. The zero-order valence-corrected chi connectivity index (χ0v) is 17.8. The molecule has 1 aliphatic rings. The van der Waals surface area contributed by atoms with E-state index in [0.29, 0.717) is 0 Å². The van der Waals surface area contributed by atoms with Crippen molar-refractivity contribution in [2.75, 3.05) is 37.6 Å². The van der Waals surface area contributed by atoms with Gasteiger partial charge in [0.15, 0.2) is 0 Å². The van der Waals surface area contributed by atoms with Crippen molar-refractivity contribution >= 4 is 38.0 Å². The van der Waals surface area contributed by atoms with Gasteiger partial charge in [-0.15, -0.1) is 11.3 Å². The van der Waals surface area contributed by atoms with E-state index < -0.39 is 0 Å². The van der Waals surface area contributed by atoms with Crippen LogP contribution in [0.15, 0.2) is 60.7 Å². The molecule has 3 aromatic carbocycles. The molecule has 2 heterocycles. The summed E-state index contributed by atoms with van der Waals surface area (Å²) in [6, 6.07) is 21.8. The lowest BCUT2D eigenvalue weighted by Gasteiger charge is -2.36. The summed E-state index contributed by atoms with van der Waals surface area (Å²) in [5, 5.41) is 3.98. The van der Waals surface area contributed by atoms with Gasteiger partial charge in [0, 0.05) is 43.7 Å². The molecular weight excluding hydrogens is 374 g/mol. The van der Waals surface area contributed by atoms with Crippen molar-refractivity contribution < 1.29 is 0 Å². The first-order valence-electron chi connectivity index (χ1n) is 10.6. The fraction of sp³-hybridized carbons (Fsp3) is 0.320. The molecule has 1 aliphatic heterocycles. The van der Waals surface area contributed by atoms with E-state index in [-0.39, 0.29) is 0 Å². The maximum absolute atomic E-state index is 4.83. The van der Waals surface area contributed by atoms with Gasteiger partial charge in [-0.2, -0.15) is 0 Å². The predicted octanol–water partition coefficient (Wildman–Crippen LogP) is 5.51. The Morgan fingerprint density at radius 2 is 1.69 bits per heavy atom. The third kappa shape index (κ3) is 3.87. The van der Waals surface area contributed by atoms with Crippen LogP contribution in [0.3, 0.4) is 0 Å². The Labute approximate surface area is 176 Å². The van der Waals surface area contributed by atoms with E-state index in [0.717, 1.165) is 44.7 Å². The zero-order chi connectivity index (χ0) is 19.6. The van der Waals surface area contributed by atoms with E-state index in [9.17, 15) is 0 Å². The van der Waals surface area contributed by atoms with Gasteiger partial charge in [0.2, 0.25) is 0 Å². The SMILES string of the molecule is Cc1cccc2nc(CCCN3CCN(c4cccc5ccccc45)CC3)sc12. The van der Waals surface area contributed by atoms with Crippen LogP contribution in [0, 0.1) is 6.92 Å². The molecule has 29 heavy (non-hydrogen) atoms. The molecule has 148 valence electrons. The number of nitrogens with zero attached hydrogens (tertiary/aromatic N) is 3. The fourth-order valence-corrected chi connectivity index (χ4v) is 5.46. The zero-order valence-electron chi connectivity index (χ0n) is 17.0. The molecule has 0 radical (unpaired) electrons. The highest BCUT2D eigenvalue weighted by Gasteiger charge is 2.18. The first-order valence-corrected chi connectivity index (χ1v) is 11.4. The monoisotopic (exact) mass is 401 g/mol. The Morgan fingerprint density at radius 1 is 0.897 bits per heavy atom. The smallest absolute Gasteiger partial charge is 0.0939 e.